The van der Waals surface area contributed by atoms with Crippen LogP contribution >= 0.6 is 0 Å². The number of rotatable bonds is 5. The van der Waals surface area contributed by atoms with E-state index >= 15 is 0 Å². The first-order chi connectivity index (χ1) is 16.6. The fourth-order valence-electron chi connectivity index (χ4n) is 3.51. The number of benzene rings is 1. The quantitative estimate of drug-likeness (QED) is 0.544. The maximum Gasteiger partial charge on any atom is 0.416 e. The zero-order chi connectivity index (χ0) is 25.2. The van der Waals surface area contributed by atoms with Gasteiger partial charge in [0.05, 0.1) is 5.56 Å². The van der Waals surface area contributed by atoms with E-state index in [1.54, 1.807) is 57.3 Å². The van der Waals surface area contributed by atoms with Crippen LogP contribution in [0.25, 0.3) is 0 Å². The number of amides is 1. The summed E-state index contributed by atoms with van der Waals surface area (Å²) in [4.78, 5) is 34.5. The Bertz CT molecular complexity index is 1370. The Kier molecular flexibility index (Phi) is 6.42. The summed E-state index contributed by atoms with van der Waals surface area (Å²) in [7, 11) is 0. The topological polar surface area (TPSA) is 120 Å². The summed E-state index contributed by atoms with van der Waals surface area (Å²) in [6, 6.07) is 12.2. The second-order valence-electron chi connectivity index (χ2n) is 8.98. The third-order valence-corrected chi connectivity index (χ3v) is 5.05. The van der Waals surface area contributed by atoms with Gasteiger partial charge in [-0.3, -0.25) is 14.5 Å². The molecule has 0 radical (unpaired) electrons. The molecule has 1 aromatic carbocycles. The van der Waals surface area contributed by atoms with Crippen LogP contribution < -0.4 is 20.1 Å². The lowest BCUT2D eigenvalue weighted by molar-refractivity contribution is 0.0584. The molecule has 1 amide bonds. The minimum atomic E-state index is -0.665. The van der Waals surface area contributed by atoms with Crippen molar-refractivity contribution in [3.63, 3.8) is 0 Å². The van der Waals surface area contributed by atoms with Gasteiger partial charge in [-0.2, -0.15) is 10.2 Å². The van der Waals surface area contributed by atoms with Crippen molar-refractivity contribution in [1.29, 1.82) is 5.26 Å². The number of aryl methyl sites for hydroxylation is 1. The van der Waals surface area contributed by atoms with Gasteiger partial charge in [0.15, 0.2) is 0 Å². The van der Waals surface area contributed by atoms with Gasteiger partial charge in [0.25, 0.3) is 0 Å². The number of nitriles is 1. The van der Waals surface area contributed by atoms with E-state index < -0.39 is 17.4 Å². The first-order valence-corrected chi connectivity index (χ1v) is 11.0. The van der Waals surface area contributed by atoms with Gasteiger partial charge in [0.1, 0.15) is 35.6 Å². The minimum Gasteiger partial charge on any atom is -0.473 e. The average Bonchev–Trinajstić information content (AvgIpc) is 3.22. The molecule has 0 bridgehead atoms. The highest BCUT2D eigenvalue weighted by molar-refractivity contribution is 5.87. The molecule has 2 aromatic heterocycles. The van der Waals surface area contributed by atoms with Gasteiger partial charge in [-0.1, -0.05) is 6.07 Å². The van der Waals surface area contributed by atoms with E-state index in [2.05, 4.69) is 16.0 Å². The summed E-state index contributed by atoms with van der Waals surface area (Å²) in [5.41, 5.74) is 0.637. The highest BCUT2D eigenvalue weighted by Crippen LogP contribution is 2.28. The van der Waals surface area contributed by atoms with Crippen molar-refractivity contribution in [3.8, 4) is 23.4 Å². The first-order valence-electron chi connectivity index (χ1n) is 11.0. The molecule has 1 aliphatic heterocycles. The van der Waals surface area contributed by atoms with Crippen LogP contribution in [0.15, 0.2) is 47.4 Å². The molecule has 3 heterocycles. The number of hydrogen-bond acceptors (Lipinski definition) is 8. The van der Waals surface area contributed by atoms with Gasteiger partial charge in [-0.05, 0) is 51.5 Å². The highest BCUT2D eigenvalue weighted by atomic mass is 16.6. The predicted molar refractivity (Wildman–Crippen MR) is 127 cm³/mol. The zero-order valence-electron chi connectivity index (χ0n) is 19.9. The first kappa shape index (κ1) is 23.8. The summed E-state index contributed by atoms with van der Waals surface area (Å²) < 4.78 is 18.4. The average molecular weight is 476 g/mol. The van der Waals surface area contributed by atoms with Gasteiger partial charge in [-0.25, -0.2) is 9.59 Å². The Hall–Kier alpha value is -4.39. The van der Waals surface area contributed by atoms with Gasteiger partial charge in [-0.15, -0.1) is 0 Å². The normalized spacial score (nSPS) is 12.6. The molecular weight excluding hydrogens is 450 g/mol. The summed E-state index contributed by atoms with van der Waals surface area (Å²) in [5.74, 6) is 1.42. The van der Waals surface area contributed by atoms with Gasteiger partial charge < -0.3 is 14.2 Å². The Morgan fingerprint density at radius 1 is 1.17 bits per heavy atom. The Morgan fingerprint density at radius 3 is 2.69 bits per heavy atom. The lowest BCUT2D eigenvalue weighted by atomic mass is 10.1. The van der Waals surface area contributed by atoms with E-state index in [0.29, 0.717) is 41.5 Å². The number of fused-ring (bicyclic) bond motifs is 1. The largest absolute Gasteiger partial charge is 0.473 e. The van der Waals surface area contributed by atoms with E-state index in [1.807, 2.05) is 6.92 Å². The molecule has 0 unspecified atom stereocenters. The molecule has 0 fully saturated rings. The molecule has 0 saturated carbocycles. The number of ether oxygens (including phenoxy) is 3. The number of carbonyl (C=O) groups is 1. The van der Waals surface area contributed by atoms with Crippen molar-refractivity contribution in [2.45, 2.75) is 46.4 Å². The van der Waals surface area contributed by atoms with Crippen molar-refractivity contribution < 1.29 is 19.0 Å². The lowest BCUT2D eigenvalue weighted by Gasteiger charge is -2.24. The van der Waals surface area contributed by atoms with Gasteiger partial charge in [0, 0.05) is 37.1 Å². The number of hydrogen-bond donors (Lipinski definition) is 0. The van der Waals surface area contributed by atoms with Crippen LogP contribution in [0.4, 0.5) is 10.6 Å². The Labute approximate surface area is 202 Å². The molecule has 0 aliphatic carbocycles. The second-order valence-corrected chi connectivity index (χ2v) is 8.98. The molecule has 10 nitrogen and oxygen atoms in total. The fourth-order valence-corrected chi connectivity index (χ4v) is 3.51. The fraction of sp³-hybridized carbons (Fsp3) is 0.320. The van der Waals surface area contributed by atoms with Crippen molar-refractivity contribution in [1.82, 2.24) is 14.5 Å². The van der Waals surface area contributed by atoms with Crippen LogP contribution in [-0.2, 0) is 17.9 Å². The van der Waals surface area contributed by atoms with E-state index in [9.17, 15) is 14.9 Å². The summed E-state index contributed by atoms with van der Waals surface area (Å²) in [5, 5.41) is 9.58. The SMILES string of the molecule is Cc1cc(Oc2ccc(COc3cc4n(c(=O)n3)CCN4C(=O)OC(C)(C)C)cc2C#N)ccn1. The zero-order valence-corrected chi connectivity index (χ0v) is 19.9. The molecule has 0 saturated heterocycles. The molecule has 35 heavy (non-hydrogen) atoms. The van der Waals surface area contributed by atoms with Crippen molar-refractivity contribution in [2.24, 2.45) is 0 Å². The third kappa shape index (κ3) is 5.58. The molecule has 10 heteroatoms. The number of nitrogens with zero attached hydrogens (tertiary/aromatic N) is 5. The summed E-state index contributed by atoms with van der Waals surface area (Å²) in [6.07, 6.45) is 1.09. The molecule has 1 aliphatic rings. The van der Waals surface area contributed by atoms with Crippen LogP contribution in [0.3, 0.4) is 0 Å². The highest BCUT2D eigenvalue weighted by Gasteiger charge is 2.30. The number of carbonyl (C=O) groups excluding carboxylic acids is 1. The van der Waals surface area contributed by atoms with E-state index in [1.165, 1.54) is 15.5 Å². The number of aromatic nitrogens is 3. The minimum absolute atomic E-state index is 0.0612. The van der Waals surface area contributed by atoms with Crippen LogP contribution in [0.5, 0.6) is 17.4 Å². The van der Waals surface area contributed by atoms with Crippen molar-refractivity contribution in [3.05, 3.63) is 69.9 Å². The molecule has 0 spiro atoms. The molecular formula is C25H25N5O5. The molecule has 4 rings (SSSR count). The number of anilines is 1. The Morgan fingerprint density at radius 2 is 1.97 bits per heavy atom. The van der Waals surface area contributed by atoms with Crippen LogP contribution in [0.2, 0.25) is 0 Å². The van der Waals surface area contributed by atoms with E-state index in [4.69, 9.17) is 14.2 Å². The van der Waals surface area contributed by atoms with Crippen molar-refractivity contribution in [2.75, 3.05) is 11.4 Å². The third-order valence-electron chi connectivity index (χ3n) is 5.05. The predicted octanol–water partition coefficient (Wildman–Crippen LogP) is 3.94. The molecule has 180 valence electrons. The standard InChI is InChI=1S/C25H25N5O5/c1-16-11-19(7-8-27-16)34-20-6-5-17(12-18(20)14-26)15-33-21-13-22-29(23(31)28-21)9-10-30(22)24(32)35-25(2,3)4/h5-8,11-13H,9-10,15H2,1-4H3. The summed E-state index contributed by atoms with van der Waals surface area (Å²) in [6.45, 7) is 7.87. The van der Waals surface area contributed by atoms with Crippen molar-refractivity contribution >= 4 is 11.9 Å². The lowest BCUT2D eigenvalue weighted by Crippen LogP contribution is -2.36. The Balaban J connectivity index is 1.50. The van der Waals surface area contributed by atoms with Crippen LogP contribution in [0.1, 0.15) is 37.6 Å². The van der Waals surface area contributed by atoms with E-state index in [-0.39, 0.29) is 12.5 Å². The second kappa shape index (κ2) is 9.46. The van der Waals surface area contributed by atoms with Crippen LogP contribution in [0, 0.1) is 18.3 Å². The van der Waals surface area contributed by atoms with Gasteiger partial charge in [0.2, 0.25) is 5.88 Å². The van der Waals surface area contributed by atoms with E-state index in [0.717, 1.165) is 5.69 Å². The molecule has 0 N–H and O–H groups in total. The summed E-state index contributed by atoms with van der Waals surface area (Å²) >= 11 is 0. The van der Waals surface area contributed by atoms with Crippen LogP contribution in [-0.4, -0.2) is 32.8 Å². The monoisotopic (exact) mass is 475 g/mol. The smallest absolute Gasteiger partial charge is 0.416 e. The molecule has 3 aromatic rings. The molecule has 0 atom stereocenters. The maximum atomic E-state index is 12.6. The number of pyridine rings is 1. The maximum absolute atomic E-state index is 12.6. The van der Waals surface area contributed by atoms with Gasteiger partial charge >= 0.3 is 11.8 Å².